The van der Waals surface area contributed by atoms with E-state index in [0.717, 1.165) is 0 Å². The average molecular weight is 259 g/mol. The third-order valence-electron chi connectivity index (χ3n) is 2.12. The Bertz CT molecular complexity index is 462. The van der Waals surface area contributed by atoms with Gasteiger partial charge >= 0.3 is 5.69 Å². The molecule has 0 atom stereocenters. The average Bonchev–Trinajstić information content (AvgIpc) is 2.30. The van der Waals surface area contributed by atoms with E-state index in [0.29, 0.717) is 11.3 Å². The fourth-order valence-electron chi connectivity index (χ4n) is 1.30. The van der Waals surface area contributed by atoms with E-state index < -0.39 is 4.92 Å². The van der Waals surface area contributed by atoms with Crippen LogP contribution in [0, 0.1) is 17.0 Å². The van der Waals surface area contributed by atoms with Gasteiger partial charge in [0.1, 0.15) is 5.88 Å². The maximum absolute atomic E-state index is 11.1. The van der Waals surface area contributed by atoms with Crippen molar-refractivity contribution in [1.29, 1.82) is 0 Å². The van der Waals surface area contributed by atoms with Crippen LogP contribution in [0.1, 0.15) is 5.56 Å². The molecule has 0 spiro atoms. The molecule has 1 aromatic rings. The molecule has 1 aromatic carbocycles. The number of rotatable bonds is 4. The molecule has 7 heteroatoms. The minimum atomic E-state index is -0.543. The molecular formula is C10H11ClN2O4. The zero-order chi connectivity index (χ0) is 13.0. The predicted octanol–water partition coefficient (Wildman–Crippen LogP) is 2.09. The Balaban J connectivity index is 3.17. The molecule has 17 heavy (non-hydrogen) atoms. The molecule has 1 rings (SSSR count). The van der Waals surface area contributed by atoms with Crippen molar-refractivity contribution in [1.82, 2.24) is 0 Å². The fourth-order valence-corrected chi connectivity index (χ4v) is 1.36. The molecule has 92 valence electrons. The summed E-state index contributed by atoms with van der Waals surface area (Å²) in [7, 11) is 1.32. The van der Waals surface area contributed by atoms with Crippen LogP contribution in [0.4, 0.5) is 11.4 Å². The number of amides is 1. The zero-order valence-electron chi connectivity index (χ0n) is 9.32. The van der Waals surface area contributed by atoms with Gasteiger partial charge in [-0.25, -0.2) is 0 Å². The second-order valence-corrected chi connectivity index (χ2v) is 3.55. The van der Waals surface area contributed by atoms with Crippen molar-refractivity contribution in [3.05, 3.63) is 27.8 Å². The lowest BCUT2D eigenvalue weighted by molar-refractivity contribution is -0.385. The Morgan fingerprint density at radius 2 is 2.24 bits per heavy atom. The number of nitro groups is 1. The number of hydrogen-bond acceptors (Lipinski definition) is 4. The number of hydrogen-bond donors (Lipinski definition) is 1. The summed E-state index contributed by atoms with van der Waals surface area (Å²) in [6.45, 7) is 1.65. The van der Waals surface area contributed by atoms with Gasteiger partial charge in [0.15, 0.2) is 5.75 Å². The second kappa shape index (κ2) is 5.49. The molecule has 0 bridgehead atoms. The van der Waals surface area contributed by atoms with Crippen molar-refractivity contribution in [2.45, 2.75) is 6.92 Å². The molecule has 0 fully saturated rings. The highest BCUT2D eigenvalue weighted by Crippen LogP contribution is 2.32. The summed E-state index contributed by atoms with van der Waals surface area (Å²) in [5, 5.41) is 13.3. The number of alkyl halides is 1. The van der Waals surface area contributed by atoms with Crippen molar-refractivity contribution in [2.75, 3.05) is 18.3 Å². The lowest BCUT2D eigenvalue weighted by Gasteiger charge is -2.09. The Labute approximate surface area is 103 Å². The van der Waals surface area contributed by atoms with Crippen LogP contribution in [-0.2, 0) is 4.79 Å². The van der Waals surface area contributed by atoms with Gasteiger partial charge in [-0.05, 0) is 12.5 Å². The number of anilines is 1. The Hall–Kier alpha value is -1.82. The lowest BCUT2D eigenvalue weighted by atomic mass is 10.1. The Morgan fingerprint density at radius 3 is 2.71 bits per heavy atom. The predicted molar refractivity (Wildman–Crippen MR) is 63.7 cm³/mol. The molecule has 0 aliphatic rings. The first-order valence-electron chi connectivity index (χ1n) is 4.68. The minimum Gasteiger partial charge on any atom is -0.490 e. The van der Waals surface area contributed by atoms with Crippen LogP contribution in [-0.4, -0.2) is 23.8 Å². The third kappa shape index (κ3) is 3.07. The van der Waals surface area contributed by atoms with E-state index >= 15 is 0 Å². The summed E-state index contributed by atoms with van der Waals surface area (Å²) >= 11 is 5.36. The van der Waals surface area contributed by atoms with Gasteiger partial charge in [0, 0.05) is 17.8 Å². The minimum absolute atomic E-state index is 0.0884. The Morgan fingerprint density at radius 1 is 1.59 bits per heavy atom. The van der Waals surface area contributed by atoms with Gasteiger partial charge in [0.2, 0.25) is 5.91 Å². The van der Waals surface area contributed by atoms with Crippen molar-refractivity contribution in [3.8, 4) is 5.75 Å². The van der Waals surface area contributed by atoms with Gasteiger partial charge < -0.3 is 10.1 Å². The highest BCUT2D eigenvalue weighted by Gasteiger charge is 2.17. The number of carbonyl (C=O) groups excluding carboxylic acids is 1. The normalized spacial score (nSPS) is 9.82. The molecule has 0 unspecified atom stereocenters. The Kier molecular flexibility index (Phi) is 4.28. The number of aryl methyl sites for hydroxylation is 1. The first-order chi connectivity index (χ1) is 7.99. The molecule has 0 saturated carbocycles. The van der Waals surface area contributed by atoms with Crippen LogP contribution in [0.3, 0.4) is 0 Å². The summed E-state index contributed by atoms with van der Waals surface area (Å²) in [5.41, 5.74) is 0.864. The molecule has 0 aliphatic carbocycles. The highest BCUT2D eigenvalue weighted by molar-refractivity contribution is 6.29. The summed E-state index contributed by atoms with van der Waals surface area (Å²) in [4.78, 5) is 21.3. The van der Waals surface area contributed by atoms with Crippen LogP contribution in [0.25, 0.3) is 0 Å². The van der Waals surface area contributed by atoms with Gasteiger partial charge in [-0.2, -0.15) is 0 Å². The molecular weight excluding hydrogens is 248 g/mol. The van der Waals surface area contributed by atoms with Gasteiger partial charge in [-0.15, -0.1) is 11.6 Å². The zero-order valence-corrected chi connectivity index (χ0v) is 10.1. The van der Waals surface area contributed by atoms with Crippen LogP contribution in [0.15, 0.2) is 12.1 Å². The van der Waals surface area contributed by atoms with Crippen LogP contribution in [0.5, 0.6) is 5.75 Å². The number of nitrogens with one attached hydrogen (secondary N) is 1. The first-order valence-corrected chi connectivity index (χ1v) is 5.22. The van der Waals surface area contributed by atoms with Crippen molar-refractivity contribution in [3.63, 3.8) is 0 Å². The van der Waals surface area contributed by atoms with Crippen molar-refractivity contribution >= 4 is 28.9 Å². The molecule has 1 amide bonds. The molecule has 0 heterocycles. The number of benzene rings is 1. The smallest absolute Gasteiger partial charge is 0.311 e. The van der Waals surface area contributed by atoms with E-state index in [1.807, 2.05) is 0 Å². The lowest BCUT2D eigenvalue weighted by Crippen LogP contribution is -2.13. The summed E-state index contributed by atoms with van der Waals surface area (Å²) in [6.07, 6.45) is 0. The quantitative estimate of drug-likeness (QED) is 0.509. The molecule has 6 nitrogen and oxygen atoms in total. The number of methoxy groups -OCH3 is 1. The van der Waals surface area contributed by atoms with E-state index in [9.17, 15) is 14.9 Å². The molecule has 0 aliphatic heterocycles. The molecule has 1 N–H and O–H groups in total. The van der Waals surface area contributed by atoms with Gasteiger partial charge in [0.25, 0.3) is 0 Å². The second-order valence-electron chi connectivity index (χ2n) is 3.28. The maximum atomic E-state index is 11.1. The van der Waals surface area contributed by atoms with E-state index in [-0.39, 0.29) is 23.2 Å². The number of carbonyl (C=O) groups is 1. The largest absolute Gasteiger partial charge is 0.490 e. The van der Waals surface area contributed by atoms with Gasteiger partial charge in [-0.3, -0.25) is 14.9 Å². The fraction of sp³-hybridized carbons (Fsp3) is 0.300. The van der Waals surface area contributed by atoms with E-state index in [2.05, 4.69) is 5.32 Å². The maximum Gasteiger partial charge on any atom is 0.311 e. The topological polar surface area (TPSA) is 81.5 Å². The molecule has 0 saturated heterocycles. The highest BCUT2D eigenvalue weighted by atomic mass is 35.5. The van der Waals surface area contributed by atoms with E-state index in [4.69, 9.17) is 16.3 Å². The van der Waals surface area contributed by atoms with Gasteiger partial charge in [-0.1, -0.05) is 0 Å². The standard InChI is InChI=1S/C10H11ClN2O4/c1-6-3-8(13(15)16)9(17-2)4-7(6)12-10(14)5-11/h3-4H,5H2,1-2H3,(H,12,14). The third-order valence-corrected chi connectivity index (χ3v) is 2.36. The SMILES string of the molecule is COc1cc(NC(=O)CCl)c(C)cc1[N+](=O)[O-]. The van der Waals surface area contributed by atoms with Crippen molar-refractivity contribution < 1.29 is 14.5 Å². The number of nitrogens with zero attached hydrogens (tertiary/aromatic N) is 1. The van der Waals surface area contributed by atoms with Crippen LogP contribution >= 0.6 is 11.6 Å². The number of halogens is 1. The summed E-state index contributed by atoms with van der Waals surface area (Å²) < 4.78 is 4.89. The number of ether oxygens (including phenoxy) is 1. The molecule has 0 aromatic heterocycles. The summed E-state index contributed by atoms with van der Waals surface area (Å²) in [6, 6.07) is 2.74. The monoisotopic (exact) mass is 258 g/mol. The van der Waals surface area contributed by atoms with Crippen LogP contribution in [0.2, 0.25) is 0 Å². The number of nitro benzene ring substituents is 1. The first kappa shape index (κ1) is 13.2. The van der Waals surface area contributed by atoms with E-state index in [1.54, 1.807) is 6.92 Å². The van der Waals surface area contributed by atoms with Crippen molar-refractivity contribution in [2.24, 2.45) is 0 Å². The van der Waals surface area contributed by atoms with E-state index in [1.165, 1.54) is 19.2 Å². The van der Waals surface area contributed by atoms with Gasteiger partial charge in [0.05, 0.1) is 12.0 Å². The summed E-state index contributed by atoms with van der Waals surface area (Å²) in [5.74, 6) is -0.477. The van der Waals surface area contributed by atoms with Crippen LogP contribution < -0.4 is 10.1 Å². The molecule has 0 radical (unpaired) electrons.